The summed E-state index contributed by atoms with van der Waals surface area (Å²) in [6.07, 6.45) is 0.152. The summed E-state index contributed by atoms with van der Waals surface area (Å²) in [7, 11) is 0. The topological polar surface area (TPSA) is 59.1 Å². The van der Waals surface area contributed by atoms with Gasteiger partial charge in [0.05, 0.1) is 5.02 Å². The lowest BCUT2D eigenvalue weighted by molar-refractivity contribution is 0.260. The summed E-state index contributed by atoms with van der Waals surface area (Å²) in [5, 5.41) is 8.07. The van der Waals surface area contributed by atoms with Crippen LogP contribution in [-0.2, 0) is 0 Å². The van der Waals surface area contributed by atoms with Crippen molar-refractivity contribution in [2.24, 2.45) is 5.73 Å². The fourth-order valence-corrected chi connectivity index (χ4v) is 1.43. The molecule has 0 aliphatic heterocycles. The normalized spacial score (nSPS) is 12.2. The van der Waals surface area contributed by atoms with Crippen molar-refractivity contribution in [1.82, 2.24) is 0 Å². The second-order valence-electron chi connectivity index (χ2n) is 3.02. The van der Waals surface area contributed by atoms with Crippen molar-refractivity contribution in [2.75, 3.05) is 0 Å². The van der Waals surface area contributed by atoms with E-state index in [1.54, 1.807) is 18.2 Å². The van der Waals surface area contributed by atoms with Crippen LogP contribution in [0.25, 0.3) is 0 Å². The van der Waals surface area contributed by atoms with Gasteiger partial charge in [-0.2, -0.15) is 0 Å². The van der Waals surface area contributed by atoms with Crippen LogP contribution in [0, 0.1) is 5.41 Å². The van der Waals surface area contributed by atoms with Gasteiger partial charge in [0.15, 0.2) is 6.10 Å². The molecule has 3 nitrogen and oxygen atoms in total. The number of nitrogens with two attached hydrogens (primary N) is 1. The molecule has 82 valence electrons. The molecule has 0 saturated carbocycles. The van der Waals surface area contributed by atoms with Crippen molar-refractivity contribution in [1.29, 1.82) is 5.41 Å². The van der Waals surface area contributed by atoms with E-state index in [0.29, 0.717) is 22.2 Å². The number of benzene rings is 1. The number of hydrogen-bond donors (Lipinski definition) is 2. The Kier molecular flexibility index (Phi) is 4.24. The third-order valence-electron chi connectivity index (χ3n) is 1.90. The first-order valence-electron chi connectivity index (χ1n) is 4.50. The lowest BCUT2D eigenvalue weighted by Crippen LogP contribution is -2.32. The minimum atomic E-state index is -0.457. The molecule has 0 saturated heterocycles. The van der Waals surface area contributed by atoms with Gasteiger partial charge in [0.2, 0.25) is 0 Å². The highest BCUT2D eigenvalue weighted by molar-refractivity contribution is 6.42. The van der Waals surface area contributed by atoms with Crippen molar-refractivity contribution in [2.45, 2.75) is 19.4 Å². The van der Waals surface area contributed by atoms with Gasteiger partial charge in [-0.25, -0.2) is 0 Å². The monoisotopic (exact) mass is 246 g/mol. The molecule has 0 bridgehead atoms. The van der Waals surface area contributed by atoms with Crippen LogP contribution in [0.15, 0.2) is 18.2 Å². The molecule has 5 heteroatoms. The van der Waals surface area contributed by atoms with Gasteiger partial charge in [0.25, 0.3) is 0 Å². The first-order valence-corrected chi connectivity index (χ1v) is 5.26. The molecule has 0 aliphatic carbocycles. The predicted molar refractivity (Wildman–Crippen MR) is 63.1 cm³/mol. The summed E-state index contributed by atoms with van der Waals surface area (Å²) < 4.78 is 5.47. The molecule has 3 N–H and O–H groups in total. The van der Waals surface area contributed by atoms with Gasteiger partial charge in [0.1, 0.15) is 16.6 Å². The zero-order chi connectivity index (χ0) is 11.4. The second-order valence-corrected chi connectivity index (χ2v) is 3.81. The fourth-order valence-electron chi connectivity index (χ4n) is 1.10. The van der Waals surface area contributed by atoms with Crippen molar-refractivity contribution in [3.05, 3.63) is 28.2 Å². The molecule has 1 aromatic carbocycles. The molecule has 0 heterocycles. The Bertz CT molecular complexity index is 368. The van der Waals surface area contributed by atoms with Crippen LogP contribution in [0.1, 0.15) is 13.3 Å². The van der Waals surface area contributed by atoms with Crippen LogP contribution in [0.5, 0.6) is 5.75 Å². The smallest absolute Gasteiger partial charge is 0.155 e. The highest BCUT2D eigenvalue weighted by atomic mass is 35.5. The Morgan fingerprint density at radius 3 is 2.73 bits per heavy atom. The van der Waals surface area contributed by atoms with Gasteiger partial charge in [0, 0.05) is 0 Å². The highest BCUT2D eigenvalue weighted by Crippen LogP contribution is 2.32. The number of rotatable bonds is 4. The molecule has 0 amide bonds. The van der Waals surface area contributed by atoms with Gasteiger partial charge in [-0.05, 0) is 18.6 Å². The number of hydrogen-bond acceptors (Lipinski definition) is 2. The van der Waals surface area contributed by atoms with Crippen LogP contribution in [-0.4, -0.2) is 11.9 Å². The Morgan fingerprint density at radius 2 is 2.20 bits per heavy atom. The molecule has 0 fully saturated rings. The minimum Gasteiger partial charge on any atom is -0.481 e. The van der Waals surface area contributed by atoms with E-state index in [-0.39, 0.29) is 5.84 Å². The zero-order valence-corrected chi connectivity index (χ0v) is 9.77. The summed E-state index contributed by atoms with van der Waals surface area (Å²) >= 11 is 11.8. The van der Waals surface area contributed by atoms with E-state index in [9.17, 15) is 0 Å². The molecule has 1 unspecified atom stereocenters. The van der Waals surface area contributed by atoms with Crippen molar-refractivity contribution in [3.63, 3.8) is 0 Å². The maximum absolute atomic E-state index is 7.30. The van der Waals surface area contributed by atoms with Gasteiger partial charge in [-0.1, -0.05) is 36.2 Å². The molecular formula is C10H12Cl2N2O. The SMILES string of the molecule is CCC(Oc1cccc(Cl)c1Cl)C(=N)N. The van der Waals surface area contributed by atoms with E-state index in [1.807, 2.05) is 6.92 Å². The van der Waals surface area contributed by atoms with Gasteiger partial charge >= 0.3 is 0 Å². The summed E-state index contributed by atoms with van der Waals surface area (Å²) in [5.74, 6) is 0.430. The average molecular weight is 247 g/mol. The fraction of sp³-hybridized carbons (Fsp3) is 0.300. The first kappa shape index (κ1) is 12.1. The van der Waals surface area contributed by atoms with E-state index in [1.165, 1.54) is 0 Å². The van der Waals surface area contributed by atoms with E-state index in [2.05, 4.69) is 0 Å². The highest BCUT2D eigenvalue weighted by Gasteiger charge is 2.14. The second kappa shape index (κ2) is 5.24. The number of amidine groups is 1. The molecule has 15 heavy (non-hydrogen) atoms. The third kappa shape index (κ3) is 3.01. The van der Waals surface area contributed by atoms with Crippen molar-refractivity contribution < 1.29 is 4.74 Å². The standard InChI is InChI=1S/C10H12Cl2N2O/c1-2-7(10(13)14)15-8-5-3-4-6(11)9(8)12/h3-5,7H,2H2,1H3,(H3,13,14). The van der Waals surface area contributed by atoms with Crippen LogP contribution < -0.4 is 10.5 Å². The molecule has 0 radical (unpaired) electrons. The van der Waals surface area contributed by atoms with E-state index < -0.39 is 6.10 Å². The lowest BCUT2D eigenvalue weighted by Gasteiger charge is -2.17. The Hall–Kier alpha value is -0.930. The lowest BCUT2D eigenvalue weighted by atomic mass is 10.2. The maximum Gasteiger partial charge on any atom is 0.155 e. The van der Waals surface area contributed by atoms with Gasteiger partial charge < -0.3 is 10.5 Å². The van der Waals surface area contributed by atoms with Crippen molar-refractivity contribution >= 4 is 29.0 Å². The van der Waals surface area contributed by atoms with Crippen LogP contribution >= 0.6 is 23.2 Å². The summed E-state index contributed by atoms with van der Waals surface area (Å²) in [5.41, 5.74) is 5.37. The quantitative estimate of drug-likeness (QED) is 0.634. The third-order valence-corrected chi connectivity index (χ3v) is 2.70. The van der Waals surface area contributed by atoms with Gasteiger partial charge in [-0.3, -0.25) is 5.41 Å². The van der Waals surface area contributed by atoms with E-state index >= 15 is 0 Å². The number of nitrogens with one attached hydrogen (secondary N) is 1. The first-order chi connectivity index (χ1) is 7.06. The van der Waals surface area contributed by atoms with Crippen LogP contribution in [0.2, 0.25) is 10.0 Å². The summed E-state index contributed by atoms with van der Waals surface area (Å²) in [4.78, 5) is 0. The Morgan fingerprint density at radius 1 is 1.53 bits per heavy atom. The number of halogens is 2. The maximum atomic E-state index is 7.30. The Balaban J connectivity index is 2.88. The summed E-state index contributed by atoms with van der Waals surface area (Å²) in [6, 6.07) is 5.10. The molecule has 0 spiro atoms. The molecular weight excluding hydrogens is 235 g/mol. The molecule has 1 atom stereocenters. The van der Waals surface area contributed by atoms with E-state index in [0.717, 1.165) is 0 Å². The predicted octanol–water partition coefficient (Wildman–Crippen LogP) is 3.09. The largest absolute Gasteiger partial charge is 0.481 e. The minimum absolute atomic E-state index is 0.0199. The Labute approximate surface area is 98.6 Å². The molecule has 1 aromatic rings. The van der Waals surface area contributed by atoms with Gasteiger partial charge in [-0.15, -0.1) is 0 Å². The zero-order valence-electron chi connectivity index (χ0n) is 8.26. The number of ether oxygens (including phenoxy) is 1. The van der Waals surface area contributed by atoms with E-state index in [4.69, 9.17) is 39.1 Å². The van der Waals surface area contributed by atoms with Crippen LogP contribution in [0.4, 0.5) is 0 Å². The van der Waals surface area contributed by atoms with Crippen LogP contribution in [0.3, 0.4) is 0 Å². The molecule has 1 rings (SSSR count). The molecule has 0 aromatic heterocycles. The van der Waals surface area contributed by atoms with Crippen molar-refractivity contribution in [3.8, 4) is 5.75 Å². The average Bonchev–Trinajstić information content (AvgIpc) is 2.19. The molecule has 0 aliphatic rings. The summed E-state index contributed by atoms with van der Waals surface area (Å²) in [6.45, 7) is 1.88.